The lowest BCUT2D eigenvalue weighted by Crippen LogP contribution is -2.47. The Balaban J connectivity index is 2.15. The van der Waals surface area contributed by atoms with Gasteiger partial charge >= 0.3 is 0 Å². The average Bonchev–Trinajstić information content (AvgIpc) is 3.25. The molecular formula is C26H35FN6O2. The van der Waals surface area contributed by atoms with Crippen LogP contribution in [0.3, 0.4) is 0 Å². The second kappa shape index (κ2) is 12.0. The van der Waals surface area contributed by atoms with Crippen LogP contribution in [0.4, 0.5) is 4.39 Å². The highest BCUT2D eigenvalue weighted by Crippen LogP contribution is 2.39. The Labute approximate surface area is 206 Å². The van der Waals surface area contributed by atoms with Crippen LogP contribution in [-0.2, 0) is 16.1 Å². The van der Waals surface area contributed by atoms with E-state index in [9.17, 15) is 9.18 Å². The van der Waals surface area contributed by atoms with Crippen LogP contribution in [0.5, 0.6) is 0 Å². The summed E-state index contributed by atoms with van der Waals surface area (Å²) in [5.74, 6) is 0.328. The van der Waals surface area contributed by atoms with Crippen LogP contribution in [0.2, 0.25) is 0 Å². The molecule has 0 aliphatic carbocycles. The molecule has 0 bridgehead atoms. The first kappa shape index (κ1) is 26.4. The van der Waals surface area contributed by atoms with Crippen molar-refractivity contribution in [2.45, 2.75) is 46.5 Å². The molecule has 35 heavy (non-hydrogen) atoms. The molecule has 3 rings (SSSR count). The number of rotatable bonds is 11. The van der Waals surface area contributed by atoms with Crippen molar-refractivity contribution in [1.82, 2.24) is 24.4 Å². The van der Waals surface area contributed by atoms with Crippen LogP contribution in [-0.4, -0.2) is 62.8 Å². The Kier molecular flexibility index (Phi) is 9.06. The van der Waals surface area contributed by atoms with Gasteiger partial charge < -0.3 is 19.9 Å². The van der Waals surface area contributed by atoms with Gasteiger partial charge in [0.1, 0.15) is 30.0 Å². The number of hydrogen-bond donors (Lipinski definition) is 1. The standard InChI is InChI=1S/C26H35FN6O2/c1-5-35-18-23(34)33(16-20(27)13-28)24(26(2,3)4)25-31-22(21-14-29-11-12-30-21)17-32(25)15-19-9-7-6-8-10-19/h6-12,14,17,20,24H,5,13,15-16,18,28H2,1-4H3/t20-,24+/m1/s1. The number of carbonyl (C=O) groups is 1. The molecule has 0 unspecified atom stereocenters. The zero-order chi connectivity index (χ0) is 25.4. The lowest BCUT2D eigenvalue weighted by atomic mass is 9.84. The maximum absolute atomic E-state index is 14.6. The average molecular weight is 483 g/mol. The van der Waals surface area contributed by atoms with Crippen LogP contribution in [0, 0.1) is 5.41 Å². The first-order valence-corrected chi connectivity index (χ1v) is 11.8. The highest BCUT2D eigenvalue weighted by molar-refractivity contribution is 5.78. The predicted octanol–water partition coefficient (Wildman–Crippen LogP) is 3.64. The monoisotopic (exact) mass is 482 g/mol. The highest BCUT2D eigenvalue weighted by Gasteiger charge is 2.39. The summed E-state index contributed by atoms with van der Waals surface area (Å²) in [6.07, 6.45) is 5.40. The number of aromatic nitrogens is 4. The van der Waals surface area contributed by atoms with E-state index in [-0.39, 0.29) is 25.6 Å². The minimum atomic E-state index is -1.37. The number of ether oxygens (including phenoxy) is 1. The van der Waals surface area contributed by atoms with E-state index in [4.69, 9.17) is 15.5 Å². The number of carbonyl (C=O) groups excluding carboxylic acids is 1. The fraction of sp³-hybridized carbons (Fsp3) is 0.462. The molecule has 0 spiro atoms. The normalized spacial score (nSPS) is 13.4. The zero-order valence-electron chi connectivity index (χ0n) is 20.9. The zero-order valence-corrected chi connectivity index (χ0v) is 20.9. The lowest BCUT2D eigenvalue weighted by molar-refractivity contribution is -0.142. The highest BCUT2D eigenvalue weighted by atomic mass is 19.1. The number of halogens is 1. The van der Waals surface area contributed by atoms with Crippen molar-refractivity contribution in [3.8, 4) is 11.4 Å². The van der Waals surface area contributed by atoms with E-state index >= 15 is 0 Å². The third kappa shape index (κ3) is 6.93. The maximum atomic E-state index is 14.6. The van der Waals surface area contributed by atoms with Gasteiger partial charge in [-0.2, -0.15) is 0 Å². The minimum absolute atomic E-state index is 0.142. The van der Waals surface area contributed by atoms with E-state index in [0.29, 0.717) is 30.4 Å². The van der Waals surface area contributed by atoms with E-state index in [1.807, 2.05) is 68.8 Å². The number of amides is 1. The van der Waals surface area contributed by atoms with Crippen molar-refractivity contribution < 1.29 is 13.9 Å². The van der Waals surface area contributed by atoms with Crippen LogP contribution in [0.25, 0.3) is 11.4 Å². The number of hydrogen-bond acceptors (Lipinski definition) is 6. The Morgan fingerprint density at radius 2 is 1.94 bits per heavy atom. The quantitative estimate of drug-likeness (QED) is 0.448. The summed E-state index contributed by atoms with van der Waals surface area (Å²) in [5, 5.41) is 0. The summed E-state index contributed by atoms with van der Waals surface area (Å²) in [6, 6.07) is 9.43. The van der Waals surface area contributed by atoms with Crippen molar-refractivity contribution in [2.75, 3.05) is 26.3 Å². The van der Waals surface area contributed by atoms with Gasteiger partial charge in [0.2, 0.25) is 5.91 Å². The van der Waals surface area contributed by atoms with E-state index < -0.39 is 17.6 Å². The van der Waals surface area contributed by atoms with Crippen LogP contribution >= 0.6 is 0 Å². The van der Waals surface area contributed by atoms with Crippen LogP contribution in [0.15, 0.2) is 55.1 Å². The van der Waals surface area contributed by atoms with Gasteiger partial charge in [-0.25, -0.2) is 9.37 Å². The Morgan fingerprint density at radius 3 is 2.54 bits per heavy atom. The molecule has 8 nitrogen and oxygen atoms in total. The Bertz CT molecular complexity index is 1070. The molecule has 0 radical (unpaired) electrons. The summed E-state index contributed by atoms with van der Waals surface area (Å²) in [7, 11) is 0. The molecule has 0 saturated heterocycles. The topological polar surface area (TPSA) is 99.2 Å². The van der Waals surface area contributed by atoms with Gasteiger partial charge in [-0.15, -0.1) is 0 Å². The second-order valence-electron chi connectivity index (χ2n) is 9.47. The molecule has 9 heteroatoms. The molecule has 0 saturated carbocycles. The van der Waals surface area contributed by atoms with Crippen molar-refractivity contribution in [1.29, 1.82) is 0 Å². The molecule has 188 valence electrons. The van der Waals surface area contributed by atoms with Gasteiger partial charge in [-0.1, -0.05) is 51.1 Å². The summed E-state index contributed by atoms with van der Waals surface area (Å²) in [5.41, 5.74) is 7.44. The van der Waals surface area contributed by atoms with Gasteiger partial charge in [0, 0.05) is 38.3 Å². The molecule has 0 aliphatic rings. The first-order valence-electron chi connectivity index (χ1n) is 11.8. The molecule has 2 aromatic heterocycles. The van der Waals surface area contributed by atoms with E-state index in [1.165, 1.54) is 4.90 Å². The molecule has 2 N–H and O–H groups in total. The molecule has 1 amide bonds. The third-order valence-corrected chi connectivity index (χ3v) is 5.61. The molecule has 2 atom stereocenters. The third-order valence-electron chi connectivity index (χ3n) is 5.61. The molecular weight excluding hydrogens is 447 g/mol. The number of imidazole rings is 1. The summed E-state index contributed by atoms with van der Waals surface area (Å²) < 4.78 is 22.0. The fourth-order valence-electron chi connectivity index (χ4n) is 4.02. The van der Waals surface area contributed by atoms with Crippen molar-refractivity contribution in [2.24, 2.45) is 11.1 Å². The molecule has 0 fully saturated rings. The number of nitrogens with zero attached hydrogens (tertiary/aromatic N) is 5. The van der Waals surface area contributed by atoms with Crippen LogP contribution < -0.4 is 5.73 Å². The smallest absolute Gasteiger partial charge is 0.249 e. The maximum Gasteiger partial charge on any atom is 0.249 e. The van der Waals surface area contributed by atoms with Gasteiger partial charge in [0.25, 0.3) is 0 Å². The molecule has 1 aromatic carbocycles. The fourth-order valence-corrected chi connectivity index (χ4v) is 4.02. The van der Waals surface area contributed by atoms with Gasteiger partial charge in [0.15, 0.2) is 0 Å². The van der Waals surface area contributed by atoms with Crippen LogP contribution in [0.1, 0.15) is 45.1 Å². The Hall–Kier alpha value is -3.17. The van der Waals surface area contributed by atoms with E-state index in [0.717, 1.165) is 5.56 Å². The van der Waals surface area contributed by atoms with Crippen molar-refractivity contribution >= 4 is 5.91 Å². The Morgan fingerprint density at radius 1 is 1.20 bits per heavy atom. The minimum Gasteiger partial charge on any atom is -0.372 e. The van der Waals surface area contributed by atoms with Gasteiger partial charge in [0.05, 0.1) is 18.8 Å². The number of benzene rings is 1. The van der Waals surface area contributed by atoms with E-state index in [1.54, 1.807) is 18.6 Å². The van der Waals surface area contributed by atoms with Gasteiger partial charge in [-0.05, 0) is 17.9 Å². The largest absolute Gasteiger partial charge is 0.372 e. The summed E-state index contributed by atoms with van der Waals surface area (Å²) in [4.78, 5) is 28.3. The summed E-state index contributed by atoms with van der Waals surface area (Å²) >= 11 is 0. The lowest BCUT2D eigenvalue weighted by Gasteiger charge is -2.40. The molecule has 2 heterocycles. The van der Waals surface area contributed by atoms with E-state index in [2.05, 4.69) is 9.97 Å². The SMILES string of the molecule is CCOCC(=O)N(C[C@H](F)CN)[C@@H](c1nc(-c2cnccn2)cn1Cc1ccccc1)C(C)(C)C. The number of nitrogens with two attached hydrogens (primary N) is 1. The predicted molar refractivity (Wildman–Crippen MR) is 133 cm³/mol. The molecule has 0 aliphatic heterocycles. The molecule has 3 aromatic rings. The second-order valence-corrected chi connectivity index (χ2v) is 9.47. The van der Waals surface area contributed by atoms with Crippen molar-refractivity contribution in [3.05, 3.63) is 66.5 Å². The van der Waals surface area contributed by atoms with Gasteiger partial charge in [-0.3, -0.25) is 14.8 Å². The first-order chi connectivity index (χ1) is 16.7. The number of alkyl halides is 1. The summed E-state index contributed by atoms with van der Waals surface area (Å²) in [6.45, 7) is 8.29. The van der Waals surface area contributed by atoms with Crippen molar-refractivity contribution in [3.63, 3.8) is 0 Å².